The number of nitrogens with two attached hydrogens (primary N) is 1. The van der Waals surface area contributed by atoms with Gasteiger partial charge in [0.1, 0.15) is 23.2 Å². The summed E-state index contributed by atoms with van der Waals surface area (Å²) in [6.45, 7) is 0. The highest BCUT2D eigenvalue weighted by atomic mass is 35.5. The molecule has 0 aliphatic rings. The molecule has 0 bridgehead atoms. The van der Waals surface area contributed by atoms with E-state index in [1.807, 2.05) is 6.07 Å². The van der Waals surface area contributed by atoms with Crippen LogP contribution in [0.5, 0.6) is 5.75 Å². The monoisotopic (exact) mass is 389 g/mol. The Labute approximate surface area is 157 Å². The summed E-state index contributed by atoms with van der Waals surface area (Å²) in [5.41, 5.74) is 8.25. The van der Waals surface area contributed by atoms with Gasteiger partial charge in [-0.05, 0) is 35.9 Å². The minimum atomic E-state index is -4.78. The molecule has 2 N–H and O–H groups in total. The zero-order valence-electron chi connectivity index (χ0n) is 13.6. The second-order valence-corrected chi connectivity index (χ2v) is 5.94. The molecule has 0 unspecified atom stereocenters. The third kappa shape index (κ3) is 4.30. The third-order valence-corrected chi connectivity index (χ3v) is 3.95. The van der Waals surface area contributed by atoms with Crippen LogP contribution in [-0.4, -0.2) is 11.3 Å². The second kappa shape index (κ2) is 7.17. The van der Waals surface area contributed by atoms with Gasteiger partial charge in [-0.2, -0.15) is 5.26 Å². The van der Waals surface area contributed by atoms with E-state index in [0.29, 0.717) is 21.8 Å². The summed E-state index contributed by atoms with van der Waals surface area (Å²) in [4.78, 5) is 4.23. The Hall–Kier alpha value is -3.24. The quantitative estimate of drug-likeness (QED) is 0.649. The summed E-state index contributed by atoms with van der Waals surface area (Å²) in [5.74, 6) is -0.333. The molecule has 0 aliphatic heterocycles. The van der Waals surface area contributed by atoms with E-state index in [4.69, 9.17) is 17.3 Å². The maximum absolute atomic E-state index is 12.3. The highest BCUT2D eigenvalue weighted by Gasteiger charge is 2.31. The predicted molar refractivity (Wildman–Crippen MR) is 95.9 cm³/mol. The first kappa shape index (κ1) is 18.5. The Morgan fingerprint density at radius 2 is 1.59 bits per heavy atom. The number of benzene rings is 2. The van der Waals surface area contributed by atoms with Crippen LogP contribution < -0.4 is 10.5 Å². The highest BCUT2D eigenvalue weighted by molar-refractivity contribution is 6.30. The predicted octanol–water partition coefficient (Wildman–Crippen LogP) is 5.42. The van der Waals surface area contributed by atoms with Crippen LogP contribution in [0.25, 0.3) is 22.4 Å². The number of ether oxygens (including phenoxy) is 1. The van der Waals surface area contributed by atoms with Gasteiger partial charge in [-0.3, -0.25) is 0 Å². The Balaban J connectivity index is 2.06. The lowest BCUT2D eigenvalue weighted by Gasteiger charge is -2.12. The molecule has 8 heteroatoms. The van der Waals surface area contributed by atoms with Gasteiger partial charge in [-0.15, -0.1) is 13.2 Å². The van der Waals surface area contributed by atoms with Gasteiger partial charge in [0.2, 0.25) is 0 Å². The number of rotatable bonds is 3. The van der Waals surface area contributed by atoms with Crippen molar-refractivity contribution in [3.05, 3.63) is 65.2 Å². The van der Waals surface area contributed by atoms with Crippen LogP contribution >= 0.6 is 11.6 Å². The van der Waals surface area contributed by atoms with Crippen molar-refractivity contribution in [3.8, 4) is 34.2 Å². The Bertz CT molecular complexity index is 1010. The molecule has 0 spiro atoms. The zero-order chi connectivity index (χ0) is 19.6. The summed E-state index contributed by atoms with van der Waals surface area (Å²) in [6, 6.07) is 15.7. The fourth-order valence-electron chi connectivity index (χ4n) is 2.51. The average molecular weight is 390 g/mol. The molecule has 1 aromatic heterocycles. The van der Waals surface area contributed by atoms with Gasteiger partial charge in [0.15, 0.2) is 0 Å². The van der Waals surface area contributed by atoms with Crippen molar-refractivity contribution in [1.29, 1.82) is 5.26 Å². The van der Waals surface area contributed by atoms with Gasteiger partial charge in [-0.1, -0.05) is 35.9 Å². The molecule has 2 aromatic carbocycles. The number of nitriles is 1. The normalized spacial score (nSPS) is 11.1. The van der Waals surface area contributed by atoms with Gasteiger partial charge in [0.05, 0.1) is 5.69 Å². The molecule has 27 heavy (non-hydrogen) atoms. The average Bonchev–Trinajstić information content (AvgIpc) is 2.61. The molecule has 0 amide bonds. The molecule has 0 saturated carbocycles. The number of anilines is 1. The van der Waals surface area contributed by atoms with Crippen molar-refractivity contribution < 1.29 is 17.9 Å². The van der Waals surface area contributed by atoms with E-state index in [0.717, 1.165) is 5.56 Å². The first-order chi connectivity index (χ1) is 12.8. The smallest absolute Gasteiger partial charge is 0.406 e. The van der Waals surface area contributed by atoms with Crippen LogP contribution in [0.2, 0.25) is 5.02 Å². The van der Waals surface area contributed by atoms with Gasteiger partial charge >= 0.3 is 6.36 Å². The molecule has 0 atom stereocenters. The van der Waals surface area contributed by atoms with E-state index in [2.05, 4.69) is 9.72 Å². The lowest BCUT2D eigenvalue weighted by Crippen LogP contribution is -2.16. The van der Waals surface area contributed by atoms with Crippen LogP contribution in [0.3, 0.4) is 0 Å². The summed E-state index contributed by atoms with van der Waals surface area (Å²) in [7, 11) is 0. The minimum Gasteiger partial charge on any atom is -0.406 e. The molecular formula is C19H11ClF3N3O. The summed E-state index contributed by atoms with van der Waals surface area (Å²) >= 11 is 5.89. The Morgan fingerprint density at radius 1 is 1.00 bits per heavy atom. The van der Waals surface area contributed by atoms with Crippen LogP contribution in [-0.2, 0) is 0 Å². The number of hydrogen-bond acceptors (Lipinski definition) is 4. The van der Waals surface area contributed by atoms with E-state index < -0.39 is 6.36 Å². The SMILES string of the molecule is N#Cc1c(-c2ccc(OC(F)(F)F)cc2)cc(-c2ccc(Cl)cc2)nc1N. The molecule has 4 nitrogen and oxygen atoms in total. The van der Waals surface area contributed by atoms with Crippen molar-refractivity contribution in [3.63, 3.8) is 0 Å². The van der Waals surface area contributed by atoms with Crippen LogP contribution in [0.1, 0.15) is 5.56 Å². The van der Waals surface area contributed by atoms with Crippen molar-refractivity contribution in [1.82, 2.24) is 4.98 Å². The molecule has 0 fully saturated rings. The first-order valence-electron chi connectivity index (χ1n) is 7.59. The minimum absolute atomic E-state index is 0.0237. The summed E-state index contributed by atoms with van der Waals surface area (Å²) in [6.07, 6.45) is -4.78. The van der Waals surface area contributed by atoms with Crippen molar-refractivity contribution in [2.45, 2.75) is 6.36 Å². The largest absolute Gasteiger partial charge is 0.573 e. The standard InChI is InChI=1S/C19H11ClF3N3O/c20-13-5-1-12(2-6-13)17-9-15(16(10-24)18(25)26-17)11-3-7-14(8-4-11)27-19(21,22)23/h1-9H,(H2,25,26). The van der Waals surface area contributed by atoms with Crippen molar-refractivity contribution in [2.75, 3.05) is 5.73 Å². The first-order valence-corrected chi connectivity index (χ1v) is 7.97. The fourth-order valence-corrected chi connectivity index (χ4v) is 2.64. The Kier molecular flexibility index (Phi) is 4.93. The van der Waals surface area contributed by atoms with E-state index in [-0.39, 0.29) is 17.1 Å². The Morgan fingerprint density at radius 3 is 2.15 bits per heavy atom. The zero-order valence-corrected chi connectivity index (χ0v) is 14.3. The number of pyridine rings is 1. The number of aromatic nitrogens is 1. The molecule has 1 heterocycles. The van der Waals surface area contributed by atoms with E-state index >= 15 is 0 Å². The molecule has 0 radical (unpaired) electrons. The molecule has 3 aromatic rings. The second-order valence-electron chi connectivity index (χ2n) is 5.51. The fraction of sp³-hybridized carbons (Fsp3) is 0.0526. The third-order valence-electron chi connectivity index (χ3n) is 3.70. The van der Waals surface area contributed by atoms with Crippen molar-refractivity contribution >= 4 is 17.4 Å². The van der Waals surface area contributed by atoms with E-state index in [9.17, 15) is 18.4 Å². The highest BCUT2D eigenvalue weighted by Crippen LogP contribution is 2.33. The van der Waals surface area contributed by atoms with Gasteiger partial charge in [-0.25, -0.2) is 4.98 Å². The molecule has 0 saturated heterocycles. The number of alkyl halides is 3. The lowest BCUT2D eigenvalue weighted by atomic mass is 9.98. The number of nitrogens with zero attached hydrogens (tertiary/aromatic N) is 2. The van der Waals surface area contributed by atoms with Crippen LogP contribution in [0.15, 0.2) is 54.6 Å². The molecular weight excluding hydrogens is 379 g/mol. The maximum Gasteiger partial charge on any atom is 0.573 e. The summed E-state index contributed by atoms with van der Waals surface area (Å²) < 4.78 is 40.8. The van der Waals surface area contributed by atoms with Crippen LogP contribution in [0, 0.1) is 11.3 Å². The van der Waals surface area contributed by atoms with Gasteiger partial charge in [0.25, 0.3) is 0 Å². The lowest BCUT2D eigenvalue weighted by molar-refractivity contribution is -0.274. The molecule has 0 aliphatic carbocycles. The molecule has 136 valence electrons. The number of hydrogen-bond donors (Lipinski definition) is 1. The topological polar surface area (TPSA) is 71.9 Å². The van der Waals surface area contributed by atoms with Crippen LogP contribution in [0.4, 0.5) is 19.0 Å². The van der Waals surface area contributed by atoms with Gasteiger partial charge in [0, 0.05) is 16.1 Å². The number of nitrogen functional groups attached to an aromatic ring is 1. The summed E-state index contributed by atoms with van der Waals surface area (Å²) in [5, 5.41) is 9.96. The maximum atomic E-state index is 12.3. The van der Waals surface area contributed by atoms with Crippen molar-refractivity contribution in [2.24, 2.45) is 0 Å². The van der Waals surface area contributed by atoms with E-state index in [1.54, 1.807) is 30.3 Å². The van der Waals surface area contributed by atoms with E-state index in [1.165, 1.54) is 24.3 Å². The number of halogens is 4. The van der Waals surface area contributed by atoms with Gasteiger partial charge < -0.3 is 10.5 Å². The molecule has 3 rings (SSSR count).